The maximum absolute atomic E-state index is 12.7. The van der Waals surface area contributed by atoms with Crippen LogP contribution in [0.3, 0.4) is 0 Å². The molecule has 0 radical (unpaired) electrons. The number of pyridine rings is 1. The van der Waals surface area contributed by atoms with Gasteiger partial charge in [-0.25, -0.2) is 8.78 Å². The normalized spacial score (nSPS) is 10.6. The zero-order valence-electron chi connectivity index (χ0n) is 9.18. The van der Waals surface area contributed by atoms with Crippen LogP contribution in [0.1, 0.15) is 28.0 Å². The molecule has 92 valence electrons. The van der Waals surface area contributed by atoms with Crippen LogP contribution in [0.5, 0.6) is 5.75 Å². The monoisotopic (exact) mass is 249 g/mol. The highest BCUT2D eigenvalue weighted by Gasteiger charge is 2.21. The minimum atomic E-state index is -2.84. The van der Waals surface area contributed by atoms with Gasteiger partial charge < -0.3 is 5.11 Å². The number of aromatic nitrogens is 1. The van der Waals surface area contributed by atoms with E-state index in [1.807, 2.05) is 0 Å². The van der Waals surface area contributed by atoms with E-state index in [-0.39, 0.29) is 16.9 Å². The molecule has 0 aliphatic carbocycles. The Hall–Kier alpha value is -2.30. The van der Waals surface area contributed by atoms with E-state index < -0.39 is 17.9 Å². The molecule has 1 aromatic carbocycles. The second kappa shape index (κ2) is 4.91. The molecule has 0 fully saturated rings. The van der Waals surface area contributed by atoms with Gasteiger partial charge in [-0.05, 0) is 24.3 Å². The quantitative estimate of drug-likeness (QED) is 0.851. The number of alkyl halides is 2. The molecule has 0 unspecified atom stereocenters. The number of phenolic OH excluding ortho intramolecular Hbond substituents is 1. The summed E-state index contributed by atoms with van der Waals surface area (Å²) < 4.78 is 25.5. The second-order valence-electron chi connectivity index (χ2n) is 3.58. The predicted octanol–water partition coefficient (Wildman–Crippen LogP) is 2.96. The lowest BCUT2D eigenvalue weighted by Crippen LogP contribution is -2.07. The number of halogens is 2. The van der Waals surface area contributed by atoms with Crippen molar-refractivity contribution in [2.75, 3.05) is 0 Å². The maximum atomic E-state index is 12.7. The van der Waals surface area contributed by atoms with Crippen molar-refractivity contribution in [3.63, 3.8) is 0 Å². The van der Waals surface area contributed by atoms with Crippen LogP contribution in [-0.4, -0.2) is 15.9 Å². The van der Waals surface area contributed by atoms with Crippen molar-refractivity contribution < 1.29 is 18.7 Å². The van der Waals surface area contributed by atoms with E-state index in [1.165, 1.54) is 30.5 Å². The fraction of sp³-hybridized carbons (Fsp3) is 0.0769. The zero-order valence-corrected chi connectivity index (χ0v) is 9.18. The summed E-state index contributed by atoms with van der Waals surface area (Å²) in [7, 11) is 0. The number of para-hydroxylation sites is 1. The lowest BCUT2D eigenvalue weighted by atomic mass is 10.0. The number of ketones is 1. The number of carbonyl (C=O) groups excluding carboxylic acids is 1. The SMILES string of the molecule is O=C(c1ccccc1O)c1cccnc1C(F)F. The topological polar surface area (TPSA) is 50.2 Å². The number of carbonyl (C=O) groups is 1. The Kier molecular flexibility index (Phi) is 3.32. The lowest BCUT2D eigenvalue weighted by molar-refractivity contribution is 0.101. The third kappa shape index (κ3) is 2.20. The molecule has 0 aliphatic rings. The van der Waals surface area contributed by atoms with E-state index in [1.54, 1.807) is 12.1 Å². The largest absolute Gasteiger partial charge is 0.507 e. The maximum Gasteiger partial charge on any atom is 0.281 e. The molecule has 0 saturated heterocycles. The number of phenols is 1. The number of aromatic hydroxyl groups is 1. The summed E-state index contributed by atoms with van der Waals surface area (Å²) in [5.74, 6) is -0.914. The summed E-state index contributed by atoms with van der Waals surface area (Å²) in [6, 6.07) is 8.46. The van der Waals surface area contributed by atoms with E-state index in [0.29, 0.717) is 0 Å². The zero-order chi connectivity index (χ0) is 13.1. The second-order valence-corrected chi connectivity index (χ2v) is 3.58. The molecule has 0 amide bonds. The summed E-state index contributed by atoms with van der Waals surface area (Å²) in [6.07, 6.45) is -1.64. The van der Waals surface area contributed by atoms with Crippen molar-refractivity contribution in [2.24, 2.45) is 0 Å². The van der Waals surface area contributed by atoms with Gasteiger partial charge in [-0.15, -0.1) is 0 Å². The van der Waals surface area contributed by atoms with Crippen molar-refractivity contribution in [2.45, 2.75) is 6.43 Å². The third-order valence-corrected chi connectivity index (χ3v) is 2.44. The first-order chi connectivity index (χ1) is 8.61. The smallest absolute Gasteiger partial charge is 0.281 e. The standard InChI is InChI=1S/C13H9F2NO2/c14-13(15)11-9(5-3-7-16-11)12(18)8-4-1-2-6-10(8)17/h1-7,13,17H. The van der Waals surface area contributed by atoms with Gasteiger partial charge in [0.15, 0.2) is 5.78 Å². The third-order valence-electron chi connectivity index (χ3n) is 2.44. The van der Waals surface area contributed by atoms with Crippen LogP contribution in [0, 0.1) is 0 Å². The highest BCUT2D eigenvalue weighted by Crippen LogP contribution is 2.25. The molecule has 1 aromatic heterocycles. The van der Waals surface area contributed by atoms with E-state index in [0.717, 1.165) is 0 Å². The predicted molar refractivity (Wildman–Crippen MR) is 60.7 cm³/mol. The Morgan fingerprint density at radius 3 is 2.44 bits per heavy atom. The number of nitrogens with zero attached hydrogens (tertiary/aromatic N) is 1. The fourth-order valence-corrected chi connectivity index (χ4v) is 1.59. The Morgan fingerprint density at radius 1 is 1.11 bits per heavy atom. The molecule has 0 spiro atoms. The molecule has 0 aliphatic heterocycles. The number of rotatable bonds is 3. The Labute approximate surface area is 102 Å². The van der Waals surface area contributed by atoms with Gasteiger partial charge in [0.25, 0.3) is 6.43 Å². The average molecular weight is 249 g/mol. The summed E-state index contributed by atoms with van der Waals surface area (Å²) in [4.78, 5) is 15.6. The van der Waals surface area contributed by atoms with Crippen LogP contribution >= 0.6 is 0 Å². The first kappa shape index (κ1) is 12.2. The summed E-state index contributed by atoms with van der Waals surface area (Å²) in [5.41, 5.74) is -0.799. The molecule has 0 bridgehead atoms. The van der Waals surface area contributed by atoms with Gasteiger partial charge in [0.2, 0.25) is 0 Å². The van der Waals surface area contributed by atoms with Gasteiger partial charge in [0, 0.05) is 6.20 Å². The number of hydrogen-bond donors (Lipinski definition) is 1. The summed E-state index contributed by atoms with van der Waals surface area (Å²) in [5, 5.41) is 9.54. The molecule has 1 N–H and O–H groups in total. The van der Waals surface area contributed by atoms with Gasteiger partial charge >= 0.3 is 0 Å². The first-order valence-corrected chi connectivity index (χ1v) is 5.17. The Bertz CT molecular complexity index is 585. The molecule has 0 atom stereocenters. The fourth-order valence-electron chi connectivity index (χ4n) is 1.59. The van der Waals surface area contributed by atoms with Gasteiger partial charge in [0.1, 0.15) is 11.4 Å². The van der Waals surface area contributed by atoms with Crippen LogP contribution in [0.2, 0.25) is 0 Å². The van der Waals surface area contributed by atoms with Gasteiger partial charge in [-0.2, -0.15) is 0 Å². The summed E-state index contributed by atoms with van der Waals surface area (Å²) in [6.45, 7) is 0. The first-order valence-electron chi connectivity index (χ1n) is 5.17. The van der Waals surface area contributed by atoms with Crippen molar-refractivity contribution in [1.29, 1.82) is 0 Å². The molecular formula is C13H9F2NO2. The minimum absolute atomic E-state index is 0.0209. The molecule has 1 heterocycles. The molecule has 2 rings (SSSR count). The van der Waals surface area contributed by atoms with E-state index in [2.05, 4.69) is 4.98 Å². The number of hydrogen-bond acceptors (Lipinski definition) is 3. The Balaban J connectivity index is 2.50. The molecule has 3 nitrogen and oxygen atoms in total. The lowest BCUT2D eigenvalue weighted by Gasteiger charge is -2.07. The van der Waals surface area contributed by atoms with E-state index >= 15 is 0 Å². The van der Waals surface area contributed by atoms with Crippen LogP contribution in [0.4, 0.5) is 8.78 Å². The highest BCUT2D eigenvalue weighted by atomic mass is 19.3. The van der Waals surface area contributed by atoms with Crippen LogP contribution in [0.25, 0.3) is 0 Å². The molecule has 2 aromatic rings. The van der Waals surface area contributed by atoms with E-state index in [9.17, 15) is 18.7 Å². The van der Waals surface area contributed by atoms with Crippen molar-refractivity contribution in [1.82, 2.24) is 4.98 Å². The average Bonchev–Trinajstić information content (AvgIpc) is 2.38. The van der Waals surface area contributed by atoms with Crippen LogP contribution in [-0.2, 0) is 0 Å². The van der Waals surface area contributed by atoms with Gasteiger partial charge in [-0.3, -0.25) is 9.78 Å². The number of benzene rings is 1. The van der Waals surface area contributed by atoms with Crippen LogP contribution in [0.15, 0.2) is 42.6 Å². The van der Waals surface area contributed by atoms with Gasteiger partial charge in [-0.1, -0.05) is 12.1 Å². The van der Waals surface area contributed by atoms with Crippen molar-refractivity contribution in [3.05, 3.63) is 59.4 Å². The van der Waals surface area contributed by atoms with Crippen LogP contribution < -0.4 is 0 Å². The van der Waals surface area contributed by atoms with E-state index in [4.69, 9.17) is 0 Å². The highest BCUT2D eigenvalue weighted by molar-refractivity contribution is 6.11. The molecule has 5 heteroatoms. The molecule has 0 saturated carbocycles. The Morgan fingerprint density at radius 2 is 1.78 bits per heavy atom. The van der Waals surface area contributed by atoms with Gasteiger partial charge in [0.05, 0.1) is 11.1 Å². The molecular weight excluding hydrogens is 240 g/mol. The molecule has 18 heavy (non-hydrogen) atoms. The minimum Gasteiger partial charge on any atom is -0.507 e. The summed E-state index contributed by atoms with van der Waals surface area (Å²) >= 11 is 0. The van der Waals surface area contributed by atoms with Crippen molar-refractivity contribution in [3.8, 4) is 5.75 Å². The van der Waals surface area contributed by atoms with Crippen molar-refractivity contribution >= 4 is 5.78 Å².